The average molecular weight is 425 g/mol. The van der Waals surface area contributed by atoms with E-state index in [0.717, 1.165) is 12.0 Å². The van der Waals surface area contributed by atoms with Crippen molar-refractivity contribution in [1.82, 2.24) is 0 Å². The number of benzene rings is 3. The van der Waals surface area contributed by atoms with Gasteiger partial charge in [-0.25, -0.2) is 0 Å². The minimum absolute atomic E-state index is 1.02. The second-order valence-corrected chi connectivity index (χ2v) is 8.66. The average Bonchev–Trinajstić information content (AvgIpc) is 2.74. The van der Waals surface area contributed by atoms with Gasteiger partial charge in [0.1, 0.15) is 0 Å². The maximum atomic E-state index is 4.03. The Morgan fingerprint density at radius 1 is 0.688 bits per heavy atom. The zero-order valence-corrected chi connectivity index (χ0v) is 21.1. The van der Waals surface area contributed by atoms with E-state index >= 15 is 0 Å². The van der Waals surface area contributed by atoms with Gasteiger partial charge in [-0.15, -0.1) is 6.58 Å². The summed E-state index contributed by atoms with van der Waals surface area (Å²) < 4.78 is 0. The fourth-order valence-corrected chi connectivity index (χ4v) is 2.96. The summed E-state index contributed by atoms with van der Waals surface area (Å²) in [4.78, 5) is 0. The van der Waals surface area contributed by atoms with Crippen LogP contribution in [0.25, 0.3) is 17.2 Å². The van der Waals surface area contributed by atoms with E-state index < -0.39 is 0 Å². The Morgan fingerprint density at radius 2 is 1.19 bits per heavy atom. The Hall–Kier alpha value is -3.12. The molecule has 0 aliphatic rings. The molecule has 0 amide bonds. The summed E-state index contributed by atoms with van der Waals surface area (Å²) in [6.45, 7) is 22.1. The third kappa shape index (κ3) is 10.8. The van der Waals surface area contributed by atoms with Crippen LogP contribution in [0, 0.1) is 20.8 Å². The van der Waals surface area contributed by atoms with E-state index in [-0.39, 0.29) is 0 Å². The predicted molar refractivity (Wildman–Crippen MR) is 146 cm³/mol. The van der Waals surface area contributed by atoms with E-state index in [1.54, 1.807) is 0 Å². The van der Waals surface area contributed by atoms with Crippen molar-refractivity contribution in [3.05, 3.63) is 125 Å². The van der Waals surface area contributed by atoms with Crippen molar-refractivity contribution in [3.63, 3.8) is 0 Å². The van der Waals surface area contributed by atoms with Crippen molar-refractivity contribution in [2.45, 2.75) is 54.9 Å². The minimum Gasteiger partial charge on any atom is -0.100 e. The van der Waals surface area contributed by atoms with Crippen molar-refractivity contribution in [1.29, 1.82) is 0 Å². The topological polar surface area (TPSA) is 0 Å². The summed E-state index contributed by atoms with van der Waals surface area (Å²) in [5, 5.41) is 0. The van der Waals surface area contributed by atoms with Gasteiger partial charge in [0, 0.05) is 0 Å². The third-order valence-electron chi connectivity index (χ3n) is 4.75. The van der Waals surface area contributed by atoms with E-state index in [0.29, 0.717) is 0 Å². The molecule has 3 aromatic rings. The molecule has 0 heterocycles. The lowest BCUT2D eigenvalue weighted by atomic mass is 9.99. The smallest absolute Gasteiger partial charge is 0.0181 e. The van der Waals surface area contributed by atoms with Crippen LogP contribution in [0.3, 0.4) is 0 Å². The Kier molecular flexibility index (Phi) is 11.8. The van der Waals surface area contributed by atoms with Crippen LogP contribution in [-0.2, 0) is 0 Å². The van der Waals surface area contributed by atoms with Gasteiger partial charge in [0.25, 0.3) is 0 Å². The molecule has 0 aliphatic carbocycles. The molecule has 0 saturated heterocycles. The third-order valence-corrected chi connectivity index (χ3v) is 4.75. The molecular weight excluding hydrogens is 384 g/mol. The summed E-state index contributed by atoms with van der Waals surface area (Å²) in [6.07, 6.45) is 3.25. The molecule has 0 heteroatoms. The lowest BCUT2D eigenvalue weighted by Gasteiger charge is -2.06. The molecule has 0 unspecified atom stereocenters. The molecule has 0 aliphatic heterocycles. The fourth-order valence-electron chi connectivity index (χ4n) is 2.96. The molecule has 0 N–H and O–H groups in total. The summed E-state index contributed by atoms with van der Waals surface area (Å²) in [5.74, 6) is 0. The lowest BCUT2D eigenvalue weighted by molar-refractivity contribution is 1.12. The van der Waals surface area contributed by atoms with E-state index in [9.17, 15) is 0 Å². The second kappa shape index (κ2) is 14.0. The molecule has 0 aromatic heterocycles. The monoisotopic (exact) mass is 424 g/mol. The number of rotatable bonds is 4. The van der Waals surface area contributed by atoms with Crippen LogP contribution in [0.15, 0.2) is 103 Å². The van der Waals surface area contributed by atoms with Gasteiger partial charge in [-0.3, -0.25) is 0 Å². The first-order chi connectivity index (χ1) is 15.1. The van der Waals surface area contributed by atoms with E-state index in [4.69, 9.17) is 0 Å². The molecule has 168 valence electrons. The second-order valence-electron chi connectivity index (χ2n) is 8.66. The molecule has 0 bridgehead atoms. The van der Waals surface area contributed by atoms with Gasteiger partial charge in [-0.2, -0.15) is 0 Å². The van der Waals surface area contributed by atoms with Gasteiger partial charge < -0.3 is 0 Å². The van der Waals surface area contributed by atoms with Gasteiger partial charge in [-0.1, -0.05) is 120 Å². The molecule has 3 rings (SSSR count). The van der Waals surface area contributed by atoms with E-state index in [1.165, 1.54) is 44.5 Å². The highest BCUT2D eigenvalue weighted by molar-refractivity contribution is 5.67. The summed E-state index contributed by atoms with van der Waals surface area (Å²) >= 11 is 0. The van der Waals surface area contributed by atoms with Gasteiger partial charge in [0.15, 0.2) is 0 Å². The van der Waals surface area contributed by atoms with Crippen molar-refractivity contribution >= 4 is 6.08 Å². The van der Waals surface area contributed by atoms with Gasteiger partial charge in [0.05, 0.1) is 0 Å². The van der Waals surface area contributed by atoms with Crippen LogP contribution < -0.4 is 0 Å². The van der Waals surface area contributed by atoms with E-state index in [1.807, 2.05) is 13.8 Å². The SMILES string of the molecule is C=C(C)/C(=C/c1ccc(-c2cccc(C)c2)cc1)CC.C=C(C)C.Cc1ccc(C)cc1. The van der Waals surface area contributed by atoms with Crippen molar-refractivity contribution in [2.24, 2.45) is 0 Å². The predicted octanol–water partition coefficient (Wildman–Crippen LogP) is 9.92. The highest BCUT2D eigenvalue weighted by Crippen LogP contribution is 2.22. The minimum atomic E-state index is 1.02. The van der Waals surface area contributed by atoms with Crippen molar-refractivity contribution < 1.29 is 0 Å². The summed E-state index contributed by atoms with van der Waals surface area (Å²) in [6, 6.07) is 25.8. The van der Waals surface area contributed by atoms with Crippen LogP contribution in [0.5, 0.6) is 0 Å². The molecule has 3 aromatic carbocycles. The van der Waals surface area contributed by atoms with Crippen LogP contribution >= 0.6 is 0 Å². The van der Waals surface area contributed by atoms with Crippen LogP contribution in [-0.4, -0.2) is 0 Å². The Labute approximate surface area is 197 Å². The van der Waals surface area contributed by atoms with Gasteiger partial charge in [0.2, 0.25) is 0 Å². The molecule has 0 fully saturated rings. The van der Waals surface area contributed by atoms with Crippen molar-refractivity contribution in [2.75, 3.05) is 0 Å². The fraction of sp³-hybridized carbons (Fsp3) is 0.250. The maximum Gasteiger partial charge on any atom is -0.0181 e. The summed E-state index contributed by atoms with van der Waals surface area (Å²) in [7, 11) is 0. The normalized spacial score (nSPS) is 10.3. The molecule has 0 nitrogen and oxygen atoms in total. The highest BCUT2D eigenvalue weighted by Gasteiger charge is 1.99. The summed E-state index contributed by atoms with van der Waals surface area (Å²) in [5.41, 5.74) is 11.4. The quantitative estimate of drug-likeness (QED) is 0.289. The number of hydrogen-bond acceptors (Lipinski definition) is 0. The van der Waals surface area contributed by atoms with Crippen LogP contribution in [0.2, 0.25) is 0 Å². The Morgan fingerprint density at radius 3 is 1.59 bits per heavy atom. The van der Waals surface area contributed by atoms with Gasteiger partial charge >= 0.3 is 0 Å². The first-order valence-electron chi connectivity index (χ1n) is 11.3. The maximum absolute atomic E-state index is 4.03. The van der Waals surface area contributed by atoms with Crippen LogP contribution in [0.4, 0.5) is 0 Å². The number of allylic oxidation sites excluding steroid dienone is 3. The highest BCUT2D eigenvalue weighted by atomic mass is 14.0. The van der Waals surface area contributed by atoms with Crippen LogP contribution in [0.1, 0.15) is 56.4 Å². The first kappa shape index (κ1) is 26.9. The Balaban J connectivity index is 0.000000350. The first-order valence-corrected chi connectivity index (χ1v) is 11.3. The zero-order valence-electron chi connectivity index (χ0n) is 21.1. The molecule has 0 atom stereocenters. The lowest BCUT2D eigenvalue weighted by Crippen LogP contribution is -1.84. The molecule has 0 saturated carbocycles. The molecule has 32 heavy (non-hydrogen) atoms. The van der Waals surface area contributed by atoms with Crippen molar-refractivity contribution in [3.8, 4) is 11.1 Å². The number of hydrogen-bond donors (Lipinski definition) is 0. The molecule has 0 spiro atoms. The molecule has 0 radical (unpaired) electrons. The van der Waals surface area contributed by atoms with E-state index in [2.05, 4.69) is 127 Å². The largest absolute Gasteiger partial charge is 0.100 e. The standard InChI is InChI=1S/C20H22.C8H10.C4H8/c1-5-18(15(2)3)14-17-9-11-19(12-10-17)20-8-6-7-16(4)13-20;1-7-3-5-8(2)6-4-7;1-4(2)3/h6-14H,2,5H2,1,3-4H3;3-6H,1-2H3;1H2,2-3H3/b18-14+;;. The Bertz CT molecular complexity index is 987. The zero-order chi connectivity index (χ0) is 24.1. The van der Waals surface area contributed by atoms with Gasteiger partial charge in [-0.05, 0) is 70.2 Å². The molecular formula is C32H40. The number of aryl methyl sites for hydroxylation is 3.